The second kappa shape index (κ2) is 7.74. The van der Waals surface area contributed by atoms with E-state index in [1.807, 2.05) is 12.1 Å². The number of aliphatic hydroxyl groups is 1. The number of urea groups is 1. The fourth-order valence-electron chi connectivity index (χ4n) is 2.76. The van der Waals surface area contributed by atoms with Gasteiger partial charge in [0.1, 0.15) is 5.75 Å². The van der Waals surface area contributed by atoms with Crippen molar-refractivity contribution in [3.8, 4) is 5.75 Å². The van der Waals surface area contributed by atoms with Crippen molar-refractivity contribution in [1.29, 1.82) is 0 Å². The topological polar surface area (TPSA) is 61.8 Å². The SMILES string of the molecule is COc1cccc(CNC(=O)N2CCC(C(O)C(F)(F)F)CC2)c1. The Bertz CT molecular complexity index is 558. The molecule has 0 spiro atoms. The lowest BCUT2D eigenvalue weighted by atomic mass is 9.91. The maximum atomic E-state index is 12.5. The Balaban J connectivity index is 1.80. The minimum absolute atomic E-state index is 0.132. The van der Waals surface area contributed by atoms with Crippen LogP contribution in [0.1, 0.15) is 18.4 Å². The van der Waals surface area contributed by atoms with Gasteiger partial charge in [0.2, 0.25) is 0 Å². The molecule has 5 nitrogen and oxygen atoms in total. The van der Waals surface area contributed by atoms with Gasteiger partial charge in [-0.05, 0) is 36.5 Å². The molecular formula is C16H21F3N2O3. The van der Waals surface area contributed by atoms with Gasteiger partial charge in [0.05, 0.1) is 7.11 Å². The van der Waals surface area contributed by atoms with E-state index in [-0.39, 0.29) is 32.0 Å². The highest BCUT2D eigenvalue weighted by Gasteiger charge is 2.44. The van der Waals surface area contributed by atoms with Crippen LogP contribution in [0.2, 0.25) is 0 Å². The Morgan fingerprint density at radius 3 is 2.67 bits per heavy atom. The number of ether oxygens (including phenoxy) is 1. The number of alkyl halides is 3. The van der Waals surface area contributed by atoms with Gasteiger partial charge in [0, 0.05) is 19.6 Å². The lowest BCUT2D eigenvalue weighted by molar-refractivity contribution is -0.222. The average Bonchev–Trinajstić information content (AvgIpc) is 2.58. The molecule has 1 aromatic carbocycles. The summed E-state index contributed by atoms with van der Waals surface area (Å²) in [5.41, 5.74) is 0.866. The van der Waals surface area contributed by atoms with Gasteiger partial charge in [0.15, 0.2) is 6.10 Å². The van der Waals surface area contributed by atoms with E-state index in [0.29, 0.717) is 12.3 Å². The number of halogens is 3. The van der Waals surface area contributed by atoms with Crippen molar-refractivity contribution in [1.82, 2.24) is 10.2 Å². The number of carbonyl (C=O) groups is 1. The highest BCUT2D eigenvalue weighted by molar-refractivity contribution is 5.74. The number of carbonyl (C=O) groups excluding carboxylic acids is 1. The Labute approximate surface area is 138 Å². The number of likely N-dealkylation sites (tertiary alicyclic amines) is 1. The molecule has 0 aliphatic carbocycles. The number of nitrogens with zero attached hydrogens (tertiary/aromatic N) is 1. The summed E-state index contributed by atoms with van der Waals surface area (Å²) >= 11 is 0. The molecule has 2 rings (SSSR count). The minimum atomic E-state index is -4.61. The van der Waals surface area contributed by atoms with E-state index in [1.54, 1.807) is 19.2 Å². The molecule has 24 heavy (non-hydrogen) atoms. The van der Waals surface area contributed by atoms with Crippen molar-refractivity contribution in [2.24, 2.45) is 5.92 Å². The van der Waals surface area contributed by atoms with Crippen LogP contribution in [-0.2, 0) is 6.54 Å². The summed E-state index contributed by atoms with van der Waals surface area (Å²) in [4.78, 5) is 13.6. The second-order valence-corrected chi connectivity index (χ2v) is 5.82. The summed E-state index contributed by atoms with van der Waals surface area (Å²) in [6, 6.07) is 6.92. The second-order valence-electron chi connectivity index (χ2n) is 5.82. The number of hydrogen-bond donors (Lipinski definition) is 2. The average molecular weight is 346 g/mol. The van der Waals surface area contributed by atoms with E-state index in [1.165, 1.54) is 4.90 Å². The first-order valence-corrected chi connectivity index (χ1v) is 7.71. The first kappa shape index (κ1) is 18.4. The molecule has 1 unspecified atom stereocenters. The van der Waals surface area contributed by atoms with Gasteiger partial charge in [0.25, 0.3) is 0 Å². The molecule has 1 heterocycles. The van der Waals surface area contributed by atoms with Gasteiger partial charge in [-0.2, -0.15) is 13.2 Å². The smallest absolute Gasteiger partial charge is 0.414 e. The molecule has 8 heteroatoms. The minimum Gasteiger partial charge on any atom is -0.497 e. The van der Waals surface area contributed by atoms with Gasteiger partial charge in [-0.3, -0.25) is 0 Å². The number of amides is 2. The van der Waals surface area contributed by atoms with Gasteiger partial charge in [-0.1, -0.05) is 12.1 Å². The van der Waals surface area contributed by atoms with Crippen molar-refractivity contribution >= 4 is 6.03 Å². The molecular weight excluding hydrogens is 325 g/mol. The van der Waals surface area contributed by atoms with Crippen LogP contribution in [0.4, 0.5) is 18.0 Å². The fourth-order valence-corrected chi connectivity index (χ4v) is 2.76. The summed E-state index contributed by atoms with van der Waals surface area (Å²) < 4.78 is 42.6. The Morgan fingerprint density at radius 1 is 1.42 bits per heavy atom. The van der Waals surface area contributed by atoms with E-state index < -0.39 is 18.2 Å². The number of piperidine rings is 1. The lowest BCUT2D eigenvalue weighted by Gasteiger charge is -2.34. The quantitative estimate of drug-likeness (QED) is 0.881. The summed E-state index contributed by atoms with van der Waals surface area (Å²) in [7, 11) is 1.55. The highest BCUT2D eigenvalue weighted by Crippen LogP contribution is 2.31. The molecule has 1 fully saturated rings. The predicted octanol–water partition coefficient (Wildman–Crippen LogP) is 2.54. The van der Waals surface area contributed by atoms with Crippen LogP contribution in [0, 0.1) is 5.92 Å². The molecule has 0 radical (unpaired) electrons. The molecule has 134 valence electrons. The maximum absolute atomic E-state index is 12.5. The van der Waals surface area contributed by atoms with Crippen LogP contribution in [0.3, 0.4) is 0 Å². The number of hydrogen-bond acceptors (Lipinski definition) is 3. The molecule has 1 aliphatic heterocycles. The van der Waals surface area contributed by atoms with E-state index in [9.17, 15) is 23.1 Å². The zero-order valence-corrected chi connectivity index (χ0v) is 13.3. The summed E-state index contributed by atoms with van der Waals surface area (Å²) in [5, 5.41) is 12.0. The predicted molar refractivity (Wildman–Crippen MR) is 81.6 cm³/mol. The molecule has 2 N–H and O–H groups in total. The third-order valence-electron chi connectivity index (χ3n) is 4.19. The molecule has 0 saturated carbocycles. The number of nitrogens with one attached hydrogen (secondary N) is 1. The maximum Gasteiger partial charge on any atom is 0.414 e. The lowest BCUT2D eigenvalue weighted by Crippen LogP contribution is -2.48. The van der Waals surface area contributed by atoms with Crippen LogP contribution in [0.25, 0.3) is 0 Å². The number of rotatable bonds is 4. The third-order valence-corrected chi connectivity index (χ3v) is 4.19. The zero-order valence-electron chi connectivity index (χ0n) is 13.3. The van der Waals surface area contributed by atoms with Crippen LogP contribution in [0.5, 0.6) is 5.75 Å². The van der Waals surface area contributed by atoms with E-state index in [2.05, 4.69) is 5.32 Å². The summed E-state index contributed by atoms with van der Waals surface area (Å²) in [6.45, 7) is 0.699. The monoisotopic (exact) mass is 346 g/mol. The third kappa shape index (κ3) is 4.77. The molecule has 1 aromatic rings. The molecule has 0 bridgehead atoms. The van der Waals surface area contributed by atoms with E-state index >= 15 is 0 Å². The van der Waals surface area contributed by atoms with Crippen LogP contribution in [0.15, 0.2) is 24.3 Å². The van der Waals surface area contributed by atoms with E-state index in [0.717, 1.165) is 5.56 Å². The van der Waals surface area contributed by atoms with Gasteiger partial charge < -0.3 is 20.1 Å². The zero-order chi connectivity index (χ0) is 17.7. The van der Waals surface area contributed by atoms with Gasteiger partial charge >= 0.3 is 12.2 Å². The summed E-state index contributed by atoms with van der Waals surface area (Å²) in [5.74, 6) is -0.170. The summed E-state index contributed by atoms with van der Waals surface area (Å²) in [6.07, 6.45) is -6.67. The van der Waals surface area contributed by atoms with Crippen LogP contribution >= 0.6 is 0 Å². The van der Waals surface area contributed by atoms with Crippen molar-refractivity contribution in [2.75, 3.05) is 20.2 Å². The Hall–Kier alpha value is -1.96. The molecule has 2 amide bonds. The van der Waals surface area contributed by atoms with Crippen molar-refractivity contribution in [3.05, 3.63) is 29.8 Å². The molecule has 1 atom stereocenters. The number of aliphatic hydroxyl groups excluding tert-OH is 1. The standard InChI is InChI=1S/C16H21F3N2O3/c1-24-13-4-2-3-11(9-13)10-20-15(23)21-7-5-12(6-8-21)14(22)16(17,18)19/h2-4,9,12,14,22H,5-8,10H2,1H3,(H,20,23). The molecule has 1 saturated heterocycles. The Morgan fingerprint density at radius 2 is 2.08 bits per heavy atom. The van der Waals surface area contributed by atoms with E-state index in [4.69, 9.17) is 4.74 Å². The number of benzene rings is 1. The van der Waals surface area contributed by atoms with Crippen molar-refractivity contribution in [3.63, 3.8) is 0 Å². The molecule has 0 aromatic heterocycles. The normalized spacial score (nSPS) is 17.5. The van der Waals surface area contributed by atoms with Gasteiger partial charge in [-0.15, -0.1) is 0 Å². The van der Waals surface area contributed by atoms with Crippen LogP contribution < -0.4 is 10.1 Å². The van der Waals surface area contributed by atoms with Gasteiger partial charge in [-0.25, -0.2) is 4.79 Å². The first-order valence-electron chi connectivity index (χ1n) is 7.71. The van der Waals surface area contributed by atoms with Crippen molar-refractivity contribution in [2.45, 2.75) is 31.7 Å². The Kier molecular flexibility index (Phi) is 5.93. The highest BCUT2D eigenvalue weighted by atomic mass is 19.4. The van der Waals surface area contributed by atoms with Crippen LogP contribution in [-0.4, -0.2) is 48.5 Å². The van der Waals surface area contributed by atoms with Crippen molar-refractivity contribution < 1.29 is 27.8 Å². The number of methoxy groups -OCH3 is 1. The molecule has 1 aliphatic rings. The fraction of sp³-hybridized carbons (Fsp3) is 0.562. The largest absolute Gasteiger partial charge is 0.497 e. The first-order chi connectivity index (χ1) is 11.3.